The van der Waals surface area contributed by atoms with E-state index in [2.05, 4.69) is 31.2 Å². The van der Waals surface area contributed by atoms with Crippen molar-refractivity contribution in [3.63, 3.8) is 0 Å². The van der Waals surface area contributed by atoms with Gasteiger partial charge in [0.15, 0.2) is 5.78 Å². The molecule has 2 aliphatic heterocycles. The molecule has 0 aromatic heterocycles. The standard InChI is InChI=1S/C17H20O2S/c1-11-4-6-13(7-5-11)20-16-14(18)10-17-8-2-3-12(17)9-15(16)19-17/h4-7,12,15-16H,2-3,8-10H2,1H3/t12-,15+,16?,17+/m1/s1. The van der Waals surface area contributed by atoms with E-state index >= 15 is 0 Å². The summed E-state index contributed by atoms with van der Waals surface area (Å²) in [5, 5.41) is 0.00827. The van der Waals surface area contributed by atoms with Crippen molar-refractivity contribution in [2.45, 2.75) is 60.9 Å². The third-order valence-corrected chi connectivity index (χ3v) is 6.58. The van der Waals surface area contributed by atoms with Gasteiger partial charge in [0.05, 0.1) is 17.0 Å². The molecule has 4 atom stereocenters. The van der Waals surface area contributed by atoms with Crippen molar-refractivity contribution in [2.24, 2.45) is 5.92 Å². The number of Topliss-reactive ketones (excluding diaryl/α,β-unsaturated/α-hetero) is 1. The fourth-order valence-electron chi connectivity index (χ4n) is 4.20. The number of carbonyl (C=O) groups excluding carboxylic acids is 1. The molecule has 3 aliphatic rings. The van der Waals surface area contributed by atoms with Crippen LogP contribution in [0.2, 0.25) is 0 Å². The van der Waals surface area contributed by atoms with Crippen LogP contribution in [0.4, 0.5) is 0 Å². The van der Waals surface area contributed by atoms with E-state index in [9.17, 15) is 4.79 Å². The monoisotopic (exact) mass is 288 g/mol. The first kappa shape index (κ1) is 12.9. The topological polar surface area (TPSA) is 26.3 Å². The number of hydrogen-bond acceptors (Lipinski definition) is 3. The Kier molecular flexibility index (Phi) is 2.97. The molecule has 3 fully saturated rings. The second-order valence-electron chi connectivity index (χ2n) is 6.54. The summed E-state index contributed by atoms with van der Waals surface area (Å²) in [6.45, 7) is 2.09. The fraction of sp³-hybridized carbons (Fsp3) is 0.588. The smallest absolute Gasteiger partial charge is 0.151 e. The van der Waals surface area contributed by atoms with Crippen LogP contribution in [0, 0.1) is 12.8 Å². The van der Waals surface area contributed by atoms with E-state index in [1.807, 2.05) is 0 Å². The number of carbonyl (C=O) groups is 1. The zero-order valence-electron chi connectivity index (χ0n) is 11.8. The summed E-state index contributed by atoms with van der Waals surface area (Å²) in [6, 6.07) is 8.46. The average Bonchev–Trinajstić information content (AvgIpc) is 2.90. The van der Waals surface area contributed by atoms with Crippen molar-refractivity contribution in [2.75, 3.05) is 0 Å². The van der Waals surface area contributed by atoms with Gasteiger partial charge < -0.3 is 4.74 Å². The first-order chi connectivity index (χ1) is 9.66. The second-order valence-corrected chi connectivity index (χ2v) is 7.76. The molecule has 2 bridgehead atoms. The predicted octanol–water partition coefficient (Wildman–Crippen LogP) is 3.76. The van der Waals surface area contributed by atoms with Crippen LogP contribution in [0.15, 0.2) is 29.2 Å². The molecule has 1 aliphatic carbocycles. The van der Waals surface area contributed by atoms with Crippen molar-refractivity contribution in [3.8, 4) is 0 Å². The zero-order chi connectivity index (χ0) is 13.7. The molecule has 1 saturated carbocycles. The highest BCUT2D eigenvalue weighted by Gasteiger charge is 2.58. The molecule has 1 aromatic carbocycles. The maximum absolute atomic E-state index is 12.6. The van der Waals surface area contributed by atoms with Gasteiger partial charge in [-0.1, -0.05) is 24.1 Å². The number of thioether (sulfide) groups is 1. The number of fused-ring (bicyclic) bond motifs is 1. The lowest BCUT2D eigenvalue weighted by Gasteiger charge is -2.36. The summed E-state index contributed by atoms with van der Waals surface area (Å²) in [6.07, 6.45) is 5.48. The fourth-order valence-corrected chi connectivity index (χ4v) is 5.32. The Hall–Kier alpha value is -0.800. The number of ketones is 1. The van der Waals surface area contributed by atoms with E-state index in [-0.39, 0.29) is 17.0 Å². The Balaban J connectivity index is 1.55. The van der Waals surface area contributed by atoms with Crippen molar-refractivity contribution in [1.82, 2.24) is 0 Å². The summed E-state index contributed by atoms with van der Waals surface area (Å²) in [4.78, 5) is 13.7. The Morgan fingerprint density at radius 2 is 2.10 bits per heavy atom. The van der Waals surface area contributed by atoms with Gasteiger partial charge in [-0.15, -0.1) is 11.8 Å². The van der Waals surface area contributed by atoms with Gasteiger partial charge in [-0.2, -0.15) is 0 Å². The second kappa shape index (κ2) is 4.60. The normalized spacial score (nSPS) is 39.0. The highest BCUT2D eigenvalue weighted by molar-refractivity contribution is 8.00. The Morgan fingerprint density at radius 1 is 1.30 bits per heavy atom. The Morgan fingerprint density at radius 3 is 2.90 bits per heavy atom. The number of benzene rings is 1. The van der Waals surface area contributed by atoms with E-state index in [0.717, 1.165) is 12.8 Å². The predicted molar refractivity (Wildman–Crippen MR) is 80.0 cm³/mol. The minimum absolute atomic E-state index is 0.00827. The van der Waals surface area contributed by atoms with E-state index in [1.54, 1.807) is 11.8 Å². The molecule has 20 heavy (non-hydrogen) atoms. The van der Waals surface area contributed by atoms with Crippen molar-refractivity contribution in [1.29, 1.82) is 0 Å². The molecule has 1 spiro atoms. The number of hydrogen-bond donors (Lipinski definition) is 0. The zero-order valence-corrected chi connectivity index (χ0v) is 12.6. The molecule has 2 saturated heterocycles. The van der Waals surface area contributed by atoms with Crippen LogP contribution < -0.4 is 0 Å². The van der Waals surface area contributed by atoms with Crippen molar-refractivity contribution >= 4 is 17.5 Å². The average molecular weight is 288 g/mol. The first-order valence-corrected chi connectivity index (χ1v) is 8.48. The lowest BCUT2D eigenvalue weighted by molar-refractivity contribution is -0.140. The third kappa shape index (κ3) is 1.94. The van der Waals surface area contributed by atoms with Crippen LogP contribution in [-0.4, -0.2) is 22.7 Å². The maximum atomic E-state index is 12.6. The van der Waals surface area contributed by atoms with Crippen LogP contribution in [0.5, 0.6) is 0 Å². The number of aryl methyl sites for hydroxylation is 1. The van der Waals surface area contributed by atoms with Crippen LogP contribution >= 0.6 is 11.8 Å². The Bertz CT molecular complexity index is 538. The van der Waals surface area contributed by atoms with Gasteiger partial charge in [-0.3, -0.25) is 4.79 Å². The van der Waals surface area contributed by atoms with E-state index in [0.29, 0.717) is 18.1 Å². The van der Waals surface area contributed by atoms with Gasteiger partial charge in [-0.05, 0) is 44.2 Å². The summed E-state index contributed by atoms with van der Waals surface area (Å²) < 4.78 is 6.35. The molecule has 0 radical (unpaired) electrons. The Labute approximate surface area is 124 Å². The van der Waals surface area contributed by atoms with Crippen molar-refractivity contribution < 1.29 is 9.53 Å². The van der Waals surface area contributed by atoms with E-state index in [1.165, 1.54) is 23.3 Å². The summed E-state index contributed by atoms with van der Waals surface area (Å²) in [7, 11) is 0. The van der Waals surface area contributed by atoms with E-state index < -0.39 is 0 Å². The highest BCUT2D eigenvalue weighted by Crippen LogP contribution is 2.55. The lowest BCUT2D eigenvalue weighted by Crippen LogP contribution is -2.45. The molecule has 2 heterocycles. The summed E-state index contributed by atoms with van der Waals surface area (Å²) in [5.41, 5.74) is 1.20. The minimum Gasteiger partial charge on any atom is -0.369 e. The molecule has 1 aromatic rings. The van der Waals surface area contributed by atoms with Gasteiger partial charge in [-0.25, -0.2) is 0 Å². The molecule has 106 valence electrons. The molecule has 0 N–H and O–H groups in total. The van der Waals surface area contributed by atoms with Crippen LogP contribution in [-0.2, 0) is 9.53 Å². The third-order valence-electron chi connectivity index (χ3n) is 5.21. The largest absolute Gasteiger partial charge is 0.369 e. The molecule has 3 heteroatoms. The van der Waals surface area contributed by atoms with Crippen LogP contribution in [0.3, 0.4) is 0 Å². The van der Waals surface area contributed by atoms with Crippen LogP contribution in [0.25, 0.3) is 0 Å². The van der Waals surface area contributed by atoms with Gasteiger partial charge >= 0.3 is 0 Å². The molecule has 4 rings (SSSR count). The van der Waals surface area contributed by atoms with Gasteiger partial charge in [0.25, 0.3) is 0 Å². The van der Waals surface area contributed by atoms with Gasteiger partial charge in [0.2, 0.25) is 0 Å². The van der Waals surface area contributed by atoms with Gasteiger partial charge in [0.1, 0.15) is 0 Å². The highest BCUT2D eigenvalue weighted by atomic mass is 32.2. The molecular weight excluding hydrogens is 268 g/mol. The number of ether oxygens (including phenoxy) is 1. The minimum atomic E-state index is -0.0634. The number of rotatable bonds is 2. The quantitative estimate of drug-likeness (QED) is 0.829. The molecule has 2 nitrogen and oxygen atoms in total. The van der Waals surface area contributed by atoms with Crippen LogP contribution in [0.1, 0.15) is 37.7 Å². The maximum Gasteiger partial charge on any atom is 0.151 e. The van der Waals surface area contributed by atoms with Gasteiger partial charge in [0, 0.05) is 11.3 Å². The molecule has 1 unspecified atom stereocenters. The van der Waals surface area contributed by atoms with Crippen molar-refractivity contribution in [3.05, 3.63) is 29.8 Å². The molecular formula is C17H20O2S. The lowest BCUT2D eigenvalue weighted by atomic mass is 9.88. The van der Waals surface area contributed by atoms with E-state index in [4.69, 9.17) is 4.74 Å². The summed E-state index contributed by atoms with van der Waals surface area (Å²) in [5.74, 6) is 1.05. The SMILES string of the molecule is Cc1ccc(SC2C(=O)C[C@@]34CCC[C@@H]3C[C@@H]2O4)cc1. The first-order valence-electron chi connectivity index (χ1n) is 7.60. The summed E-state index contributed by atoms with van der Waals surface area (Å²) >= 11 is 1.70. The molecule has 0 amide bonds.